The summed E-state index contributed by atoms with van der Waals surface area (Å²) < 4.78 is 5.46. The lowest BCUT2D eigenvalue weighted by atomic mass is 9.95. The number of aliphatic hydroxyl groups is 1. The first kappa shape index (κ1) is 20.5. The molecule has 0 aliphatic carbocycles. The van der Waals surface area contributed by atoms with Crippen LogP contribution in [0.2, 0.25) is 0 Å². The van der Waals surface area contributed by atoms with E-state index in [4.69, 9.17) is 9.72 Å². The molecule has 1 aromatic carbocycles. The summed E-state index contributed by atoms with van der Waals surface area (Å²) in [7, 11) is 0. The number of hydrogen-bond donors (Lipinski definition) is 1. The van der Waals surface area contributed by atoms with Gasteiger partial charge in [0.15, 0.2) is 5.70 Å². The van der Waals surface area contributed by atoms with Crippen molar-refractivity contribution in [2.45, 2.75) is 18.9 Å². The van der Waals surface area contributed by atoms with Crippen molar-refractivity contribution in [1.82, 2.24) is 19.9 Å². The van der Waals surface area contributed by atoms with Crippen LogP contribution in [0.5, 0.6) is 0 Å². The highest BCUT2D eigenvalue weighted by Gasteiger charge is 2.41. The van der Waals surface area contributed by atoms with Crippen LogP contribution in [-0.2, 0) is 16.0 Å². The lowest BCUT2D eigenvalue weighted by Gasteiger charge is -2.48. The molecule has 2 aromatic rings. The number of carbonyl (C=O) groups is 1. The predicted molar refractivity (Wildman–Crippen MR) is 120 cm³/mol. The molecule has 1 fully saturated rings. The largest absolute Gasteiger partial charge is 0.507 e. The maximum Gasteiger partial charge on any atom is 0.276 e. The van der Waals surface area contributed by atoms with Crippen molar-refractivity contribution in [3.05, 3.63) is 101 Å². The lowest BCUT2D eigenvalue weighted by molar-refractivity contribution is -0.148. The number of allylic oxidation sites excluding steroid dienone is 1. The van der Waals surface area contributed by atoms with Crippen LogP contribution in [0.1, 0.15) is 29.3 Å². The van der Waals surface area contributed by atoms with Gasteiger partial charge in [0.25, 0.3) is 5.91 Å². The van der Waals surface area contributed by atoms with Gasteiger partial charge in [-0.2, -0.15) is 5.01 Å². The van der Waals surface area contributed by atoms with Gasteiger partial charge >= 0.3 is 0 Å². The molecule has 1 saturated heterocycles. The van der Waals surface area contributed by atoms with E-state index in [0.29, 0.717) is 19.8 Å². The predicted octanol–water partition coefficient (Wildman–Crippen LogP) is 3.31. The standard InChI is InChI=1S/C25H26N4O3/c30-22-17-32-16-8-15-28-24(22)25(31)27-14-6-2-5-12-21-20(11-7-13-26-21)23(29(28)18-27)19-9-3-1-4-10-19/h1-4,6-11,13,15,23,30H,5,12,14,16-18H2/b6-2-,15-8-,24-22+/t23-/m1/s1. The molecule has 1 N–H and O–H groups in total. The van der Waals surface area contributed by atoms with E-state index >= 15 is 0 Å². The van der Waals surface area contributed by atoms with Gasteiger partial charge in [0.1, 0.15) is 12.4 Å². The number of ether oxygens (including phenoxy) is 1. The Balaban J connectivity index is 1.73. The van der Waals surface area contributed by atoms with E-state index in [0.717, 1.165) is 29.7 Å². The van der Waals surface area contributed by atoms with Crippen molar-refractivity contribution in [1.29, 1.82) is 0 Å². The molecule has 2 bridgehead atoms. The fourth-order valence-electron chi connectivity index (χ4n) is 4.48. The van der Waals surface area contributed by atoms with E-state index in [9.17, 15) is 9.90 Å². The summed E-state index contributed by atoms with van der Waals surface area (Å²) in [5.41, 5.74) is 3.44. The molecule has 2 atom stereocenters. The third-order valence-electron chi connectivity index (χ3n) is 5.96. The molecular weight excluding hydrogens is 404 g/mol. The lowest BCUT2D eigenvalue weighted by Crippen LogP contribution is -2.58. The van der Waals surface area contributed by atoms with Crippen LogP contribution in [0.4, 0.5) is 0 Å². The van der Waals surface area contributed by atoms with Crippen LogP contribution >= 0.6 is 0 Å². The number of aliphatic hydroxyl groups excluding tert-OH is 1. The van der Waals surface area contributed by atoms with Gasteiger partial charge in [-0.05, 0) is 36.1 Å². The van der Waals surface area contributed by atoms with Gasteiger partial charge in [0.2, 0.25) is 0 Å². The molecule has 0 radical (unpaired) electrons. The van der Waals surface area contributed by atoms with Crippen LogP contribution in [0, 0.1) is 0 Å². The first-order chi connectivity index (χ1) is 15.7. The molecule has 0 saturated carbocycles. The minimum Gasteiger partial charge on any atom is -0.507 e. The number of hydrogen-bond acceptors (Lipinski definition) is 6. The summed E-state index contributed by atoms with van der Waals surface area (Å²) in [5, 5.41) is 14.7. The molecular formula is C25H26N4O3. The Morgan fingerprint density at radius 2 is 1.94 bits per heavy atom. The Morgan fingerprint density at radius 1 is 1.06 bits per heavy atom. The van der Waals surface area contributed by atoms with E-state index in [1.807, 2.05) is 48.8 Å². The second kappa shape index (κ2) is 8.98. The minimum atomic E-state index is -0.212. The third-order valence-corrected chi connectivity index (χ3v) is 5.96. The van der Waals surface area contributed by atoms with Crippen molar-refractivity contribution in [3.63, 3.8) is 0 Å². The number of benzene rings is 1. The van der Waals surface area contributed by atoms with Gasteiger partial charge in [0.05, 0.1) is 19.3 Å². The van der Waals surface area contributed by atoms with E-state index in [1.54, 1.807) is 9.91 Å². The molecule has 1 amide bonds. The fraction of sp³-hybridized carbons (Fsp3) is 0.280. The number of hydrazine groups is 1. The molecule has 4 heterocycles. The quantitative estimate of drug-likeness (QED) is 0.700. The highest BCUT2D eigenvalue weighted by atomic mass is 16.5. The number of fused-ring (bicyclic) bond motifs is 5. The zero-order chi connectivity index (χ0) is 21.9. The molecule has 164 valence electrons. The van der Waals surface area contributed by atoms with E-state index < -0.39 is 0 Å². The molecule has 3 aliphatic heterocycles. The summed E-state index contributed by atoms with van der Waals surface area (Å²) in [6.45, 7) is 1.19. The molecule has 5 rings (SSSR count). The molecule has 1 aromatic heterocycles. The van der Waals surface area contributed by atoms with Crippen LogP contribution < -0.4 is 0 Å². The highest BCUT2D eigenvalue weighted by Crippen LogP contribution is 2.37. The summed E-state index contributed by atoms with van der Waals surface area (Å²) in [6.07, 6.45) is 11.3. The summed E-state index contributed by atoms with van der Waals surface area (Å²) in [4.78, 5) is 19.9. The maximum atomic E-state index is 13.4. The fourth-order valence-corrected chi connectivity index (χ4v) is 4.48. The third kappa shape index (κ3) is 3.81. The topological polar surface area (TPSA) is 69.1 Å². The molecule has 32 heavy (non-hydrogen) atoms. The van der Waals surface area contributed by atoms with Crippen molar-refractivity contribution in [2.75, 3.05) is 26.4 Å². The van der Waals surface area contributed by atoms with Gasteiger partial charge in [0, 0.05) is 24.6 Å². The van der Waals surface area contributed by atoms with Crippen LogP contribution in [0.25, 0.3) is 0 Å². The second-order valence-electron chi connectivity index (χ2n) is 8.01. The smallest absolute Gasteiger partial charge is 0.276 e. The normalized spacial score (nSPS) is 27.9. The van der Waals surface area contributed by atoms with Crippen LogP contribution in [0.3, 0.4) is 0 Å². The number of nitrogens with zero attached hydrogens (tertiary/aromatic N) is 4. The molecule has 7 heteroatoms. The number of carbonyl (C=O) groups excluding carboxylic acids is 1. The zero-order valence-electron chi connectivity index (χ0n) is 17.8. The van der Waals surface area contributed by atoms with Gasteiger partial charge < -0.3 is 14.7 Å². The van der Waals surface area contributed by atoms with Crippen molar-refractivity contribution >= 4 is 5.91 Å². The van der Waals surface area contributed by atoms with Crippen molar-refractivity contribution in [2.24, 2.45) is 0 Å². The van der Waals surface area contributed by atoms with Crippen molar-refractivity contribution < 1.29 is 14.6 Å². The summed E-state index contributed by atoms with van der Waals surface area (Å²) >= 11 is 0. The van der Waals surface area contributed by atoms with E-state index in [2.05, 4.69) is 29.3 Å². The SMILES string of the molecule is O=C1/C2=C(\O)COC/C=C\N2N2CN1C/C=C\CCc1ncccc1[C@H]2c1ccccc1. The van der Waals surface area contributed by atoms with E-state index in [1.165, 1.54) is 0 Å². The average molecular weight is 431 g/mol. The first-order valence-corrected chi connectivity index (χ1v) is 10.9. The van der Waals surface area contributed by atoms with Crippen LogP contribution in [0.15, 0.2) is 84.5 Å². The monoisotopic (exact) mass is 430 g/mol. The molecule has 0 spiro atoms. The molecule has 3 aliphatic rings. The second-order valence-corrected chi connectivity index (χ2v) is 8.01. The summed E-state index contributed by atoms with van der Waals surface area (Å²) in [5.74, 6) is -0.276. The average Bonchev–Trinajstić information content (AvgIpc) is 2.83. The Bertz CT molecular complexity index is 1080. The summed E-state index contributed by atoms with van der Waals surface area (Å²) in [6, 6.07) is 14.1. The number of pyridine rings is 1. The highest BCUT2D eigenvalue weighted by molar-refractivity contribution is 5.94. The molecule has 7 nitrogen and oxygen atoms in total. The minimum absolute atomic E-state index is 0.00637. The number of aromatic nitrogens is 1. The first-order valence-electron chi connectivity index (χ1n) is 10.9. The Kier molecular flexibility index (Phi) is 5.75. The van der Waals surface area contributed by atoms with Gasteiger partial charge in [-0.25, -0.2) is 0 Å². The van der Waals surface area contributed by atoms with Crippen LogP contribution in [-0.4, -0.2) is 57.3 Å². The van der Waals surface area contributed by atoms with Crippen molar-refractivity contribution in [3.8, 4) is 0 Å². The Hall–Kier alpha value is -3.42. The van der Waals surface area contributed by atoms with Gasteiger partial charge in [-0.1, -0.05) is 48.6 Å². The van der Waals surface area contributed by atoms with Gasteiger partial charge in [-0.15, -0.1) is 0 Å². The van der Waals surface area contributed by atoms with Gasteiger partial charge in [-0.3, -0.25) is 14.8 Å². The Labute approximate surface area is 187 Å². The number of amides is 1. The number of rotatable bonds is 1. The Morgan fingerprint density at radius 3 is 2.81 bits per heavy atom. The van der Waals surface area contributed by atoms with E-state index in [-0.39, 0.29) is 30.0 Å². The number of aryl methyl sites for hydroxylation is 1. The molecule has 1 unspecified atom stereocenters. The zero-order valence-corrected chi connectivity index (χ0v) is 17.8. The maximum absolute atomic E-state index is 13.4.